The minimum atomic E-state index is 0.146. The van der Waals surface area contributed by atoms with Gasteiger partial charge in [0.05, 0.1) is 11.2 Å². The summed E-state index contributed by atoms with van der Waals surface area (Å²) in [6.45, 7) is 5.26. The summed E-state index contributed by atoms with van der Waals surface area (Å²) < 4.78 is 1.05. The van der Waals surface area contributed by atoms with E-state index in [1.165, 1.54) is 18.4 Å². The lowest BCUT2D eigenvalue weighted by atomic mass is 10.0. The number of halogens is 1. The van der Waals surface area contributed by atoms with E-state index in [1.807, 2.05) is 17.6 Å². The minimum Gasteiger partial charge on any atom is -0.335 e. The molecule has 1 saturated heterocycles. The lowest BCUT2D eigenvalue weighted by Gasteiger charge is -2.24. The summed E-state index contributed by atoms with van der Waals surface area (Å²) in [7, 11) is 0. The first kappa shape index (κ1) is 18.6. The topological polar surface area (TPSA) is 33.2 Å². The van der Waals surface area contributed by atoms with Crippen LogP contribution in [0.1, 0.15) is 54.7 Å². The summed E-state index contributed by atoms with van der Waals surface area (Å²) in [5.74, 6) is 0.687. The highest BCUT2D eigenvalue weighted by molar-refractivity contribution is 9.10. The maximum Gasteiger partial charge on any atom is 0.254 e. The number of thiazole rings is 1. The van der Waals surface area contributed by atoms with Gasteiger partial charge >= 0.3 is 0 Å². The normalized spacial score (nSPS) is 20.2. The molecule has 2 heterocycles. The number of hydrogen-bond acceptors (Lipinski definition) is 3. The highest BCUT2D eigenvalue weighted by Gasteiger charge is 2.34. The van der Waals surface area contributed by atoms with Crippen LogP contribution in [0, 0.1) is 5.92 Å². The van der Waals surface area contributed by atoms with Crippen molar-refractivity contribution in [1.82, 2.24) is 9.88 Å². The molecule has 0 N–H and O–H groups in total. The largest absolute Gasteiger partial charge is 0.335 e. The fraction of sp³-hybridized carbons (Fsp3) is 0.500. The lowest BCUT2D eigenvalue weighted by molar-refractivity contribution is 0.0732. The molecule has 0 bridgehead atoms. The molecule has 0 aliphatic carbocycles. The number of nitrogens with zero attached hydrogens (tertiary/aromatic N) is 2. The van der Waals surface area contributed by atoms with Gasteiger partial charge < -0.3 is 4.90 Å². The Labute approximate surface area is 162 Å². The van der Waals surface area contributed by atoms with Gasteiger partial charge in [0, 0.05) is 34.4 Å². The molecule has 1 aromatic heterocycles. The first-order valence-electron chi connectivity index (χ1n) is 9.05. The van der Waals surface area contributed by atoms with Crippen molar-refractivity contribution in [2.24, 2.45) is 5.92 Å². The van der Waals surface area contributed by atoms with E-state index >= 15 is 0 Å². The number of amides is 1. The van der Waals surface area contributed by atoms with Gasteiger partial charge in [0.25, 0.3) is 5.91 Å². The third kappa shape index (κ3) is 4.50. The summed E-state index contributed by atoms with van der Waals surface area (Å²) >= 11 is 5.27. The van der Waals surface area contributed by atoms with E-state index in [0.717, 1.165) is 41.5 Å². The van der Waals surface area contributed by atoms with Gasteiger partial charge in [-0.25, -0.2) is 4.98 Å². The zero-order valence-electron chi connectivity index (χ0n) is 14.9. The third-order valence-electron chi connectivity index (χ3n) is 4.91. The summed E-state index contributed by atoms with van der Waals surface area (Å²) in [4.78, 5) is 19.5. The molecular formula is C20H25BrN2OS. The molecule has 25 heavy (non-hydrogen) atoms. The van der Waals surface area contributed by atoms with Crippen molar-refractivity contribution in [2.75, 3.05) is 6.54 Å². The van der Waals surface area contributed by atoms with E-state index in [1.54, 1.807) is 11.3 Å². The van der Waals surface area contributed by atoms with Crippen LogP contribution in [-0.4, -0.2) is 28.4 Å². The van der Waals surface area contributed by atoms with Crippen molar-refractivity contribution in [3.05, 3.63) is 50.4 Å². The molecule has 0 spiro atoms. The summed E-state index contributed by atoms with van der Waals surface area (Å²) in [5.41, 5.74) is 5.03. The predicted octanol–water partition coefficient (Wildman–Crippen LogP) is 5.34. The van der Waals surface area contributed by atoms with E-state index in [0.29, 0.717) is 5.92 Å². The van der Waals surface area contributed by atoms with Crippen LogP contribution in [0.3, 0.4) is 0 Å². The predicted molar refractivity (Wildman–Crippen MR) is 107 cm³/mol. The minimum absolute atomic E-state index is 0.146. The number of aryl methyl sites for hydroxylation is 1. The van der Waals surface area contributed by atoms with Crippen LogP contribution in [0.5, 0.6) is 0 Å². The molecule has 2 unspecified atom stereocenters. The van der Waals surface area contributed by atoms with Crippen LogP contribution in [0.4, 0.5) is 0 Å². The first-order chi connectivity index (χ1) is 12.1. The Morgan fingerprint density at radius 2 is 2.28 bits per heavy atom. The first-order valence-corrected chi connectivity index (χ1v) is 10.8. The van der Waals surface area contributed by atoms with Gasteiger partial charge in [0.2, 0.25) is 0 Å². The second-order valence-corrected chi connectivity index (χ2v) is 8.62. The van der Waals surface area contributed by atoms with Crippen molar-refractivity contribution < 1.29 is 4.79 Å². The Hall–Kier alpha value is -1.20. The van der Waals surface area contributed by atoms with Gasteiger partial charge in [0.15, 0.2) is 0 Å². The molecule has 2 aromatic rings. The number of aromatic nitrogens is 1. The van der Waals surface area contributed by atoms with E-state index in [9.17, 15) is 4.79 Å². The van der Waals surface area contributed by atoms with Crippen LogP contribution in [0.25, 0.3) is 0 Å². The maximum atomic E-state index is 13.1. The number of carbonyl (C=O) groups excluding carboxylic acids is 1. The van der Waals surface area contributed by atoms with Crippen molar-refractivity contribution >= 4 is 33.2 Å². The average molecular weight is 421 g/mol. The van der Waals surface area contributed by atoms with Crippen LogP contribution in [0.15, 0.2) is 33.6 Å². The smallest absolute Gasteiger partial charge is 0.254 e. The zero-order chi connectivity index (χ0) is 17.8. The number of rotatable bonds is 6. The van der Waals surface area contributed by atoms with E-state index in [4.69, 9.17) is 0 Å². The lowest BCUT2D eigenvalue weighted by Crippen LogP contribution is -2.37. The summed E-state index contributed by atoms with van der Waals surface area (Å²) in [5, 5.41) is 2.09. The Bertz CT molecular complexity index is 716. The highest BCUT2D eigenvalue weighted by atomic mass is 79.9. The number of hydrogen-bond donors (Lipinski definition) is 0. The Kier molecular flexibility index (Phi) is 6.29. The molecule has 1 aliphatic rings. The second-order valence-electron chi connectivity index (χ2n) is 7.05. The van der Waals surface area contributed by atoms with E-state index in [2.05, 4.69) is 51.1 Å². The Morgan fingerprint density at radius 1 is 1.44 bits per heavy atom. The van der Waals surface area contributed by atoms with Gasteiger partial charge in [-0.3, -0.25) is 4.79 Å². The second kappa shape index (κ2) is 8.45. The molecule has 3 nitrogen and oxygen atoms in total. The highest BCUT2D eigenvalue weighted by Crippen LogP contribution is 2.29. The number of likely N-dealkylation sites (tertiary alicyclic amines) is 1. The van der Waals surface area contributed by atoms with Crippen LogP contribution in [-0.2, 0) is 12.8 Å². The van der Waals surface area contributed by atoms with Crippen LogP contribution >= 0.6 is 27.3 Å². The molecule has 1 amide bonds. The molecule has 1 aromatic carbocycles. The van der Waals surface area contributed by atoms with E-state index < -0.39 is 0 Å². The monoisotopic (exact) mass is 420 g/mol. The molecule has 2 atom stereocenters. The van der Waals surface area contributed by atoms with Crippen molar-refractivity contribution in [2.45, 2.75) is 52.0 Å². The molecule has 0 radical (unpaired) electrons. The van der Waals surface area contributed by atoms with Gasteiger partial charge in [-0.2, -0.15) is 0 Å². The molecule has 1 fully saturated rings. The molecule has 5 heteroatoms. The van der Waals surface area contributed by atoms with Crippen molar-refractivity contribution in [1.29, 1.82) is 0 Å². The van der Waals surface area contributed by atoms with Crippen molar-refractivity contribution in [3.8, 4) is 0 Å². The van der Waals surface area contributed by atoms with Crippen LogP contribution in [0.2, 0.25) is 0 Å². The maximum absolute atomic E-state index is 13.1. The number of carbonyl (C=O) groups is 1. The average Bonchev–Trinajstić information content (AvgIpc) is 3.23. The fourth-order valence-electron chi connectivity index (χ4n) is 3.59. The Balaban J connectivity index is 1.75. The molecule has 134 valence electrons. The quantitative estimate of drug-likeness (QED) is 0.631. The standard InChI is InChI=1S/C20H25BrN2OS/c1-3-4-5-15-6-7-16(9-19(15)21)20(24)23-11-14(2)8-18(23)10-17-12-25-13-22-17/h6-7,9,12-14,18H,3-5,8,10-11H2,1-2H3. The van der Waals surface area contributed by atoms with Gasteiger partial charge in [-0.05, 0) is 42.9 Å². The molecule has 0 saturated carbocycles. The van der Waals surface area contributed by atoms with E-state index in [-0.39, 0.29) is 11.9 Å². The SMILES string of the molecule is CCCCc1ccc(C(=O)N2CC(C)CC2Cc2cscn2)cc1Br. The number of unbranched alkanes of at least 4 members (excludes halogenated alkanes) is 1. The fourth-order valence-corrected chi connectivity index (χ4v) is 4.74. The number of benzene rings is 1. The zero-order valence-corrected chi connectivity index (χ0v) is 17.3. The summed E-state index contributed by atoms with van der Waals surface area (Å²) in [6.07, 6.45) is 5.31. The molecule has 3 rings (SSSR count). The van der Waals surface area contributed by atoms with Crippen LogP contribution < -0.4 is 0 Å². The summed E-state index contributed by atoms with van der Waals surface area (Å²) in [6, 6.07) is 6.34. The van der Waals surface area contributed by atoms with Gasteiger partial charge in [-0.15, -0.1) is 11.3 Å². The molecule has 1 aliphatic heterocycles. The van der Waals surface area contributed by atoms with Gasteiger partial charge in [0.1, 0.15) is 0 Å². The third-order valence-corrected chi connectivity index (χ3v) is 6.29. The molecular weight excluding hydrogens is 396 g/mol. The van der Waals surface area contributed by atoms with Crippen molar-refractivity contribution in [3.63, 3.8) is 0 Å². The van der Waals surface area contributed by atoms with Gasteiger partial charge in [-0.1, -0.05) is 42.3 Å². The Morgan fingerprint density at radius 3 is 2.96 bits per heavy atom.